The summed E-state index contributed by atoms with van der Waals surface area (Å²) in [4.78, 5) is 0. The predicted molar refractivity (Wildman–Crippen MR) is 93.5 cm³/mol. The minimum atomic E-state index is -3.56. The number of sulfonamides is 1. The van der Waals surface area contributed by atoms with Crippen LogP contribution in [0.25, 0.3) is 0 Å². The van der Waals surface area contributed by atoms with Crippen LogP contribution in [0.3, 0.4) is 0 Å². The van der Waals surface area contributed by atoms with Crippen molar-refractivity contribution < 1.29 is 13.2 Å². The van der Waals surface area contributed by atoms with Crippen LogP contribution >= 0.6 is 23.2 Å². The number of hydrogen-bond acceptors (Lipinski definition) is 3. The summed E-state index contributed by atoms with van der Waals surface area (Å²) in [6.07, 6.45) is 0. The second-order valence-electron chi connectivity index (χ2n) is 4.86. The molecule has 0 unspecified atom stereocenters. The summed E-state index contributed by atoms with van der Waals surface area (Å²) in [5.74, 6) is 0.440. The number of hydrogen-bond donors (Lipinski definition) is 1. The van der Waals surface area contributed by atoms with Crippen LogP contribution in [0.1, 0.15) is 18.1 Å². The Balaban J connectivity index is 2.06. The zero-order valence-corrected chi connectivity index (χ0v) is 14.9. The molecule has 0 heterocycles. The topological polar surface area (TPSA) is 55.4 Å². The van der Waals surface area contributed by atoms with Gasteiger partial charge in [-0.2, -0.15) is 0 Å². The van der Waals surface area contributed by atoms with Gasteiger partial charge in [-0.25, -0.2) is 13.1 Å². The summed E-state index contributed by atoms with van der Waals surface area (Å²) in [6.45, 7) is 2.62. The highest BCUT2D eigenvalue weighted by atomic mass is 35.5. The van der Waals surface area contributed by atoms with E-state index in [4.69, 9.17) is 27.9 Å². The molecule has 0 spiro atoms. The summed E-state index contributed by atoms with van der Waals surface area (Å²) < 4.78 is 32.4. The molecule has 2 aromatic carbocycles. The molecule has 23 heavy (non-hydrogen) atoms. The summed E-state index contributed by atoms with van der Waals surface area (Å²) in [5.41, 5.74) is 1.20. The van der Waals surface area contributed by atoms with E-state index in [9.17, 15) is 8.42 Å². The predicted octanol–water partition coefficient (Wildman–Crippen LogP) is 4.01. The van der Waals surface area contributed by atoms with Crippen molar-refractivity contribution in [2.24, 2.45) is 0 Å². The minimum Gasteiger partial charge on any atom is -0.494 e. The van der Waals surface area contributed by atoms with Crippen LogP contribution < -0.4 is 9.46 Å². The van der Waals surface area contributed by atoms with Gasteiger partial charge in [0.2, 0.25) is 10.0 Å². The number of benzene rings is 2. The van der Waals surface area contributed by atoms with Gasteiger partial charge < -0.3 is 4.74 Å². The smallest absolute Gasteiger partial charge is 0.216 e. The normalized spacial score (nSPS) is 11.4. The zero-order valence-electron chi connectivity index (χ0n) is 12.6. The lowest BCUT2D eigenvalue weighted by molar-refractivity contribution is 0.340. The lowest BCUT2D eigenvalue weighted by Gasteiger charge is -2.10. The van der Waals surface area contributed by atoms with Crippen molar-refractivity contribution >= 4 is 33.2 Å². The number of rotatable bonds is 7. The van der Waals surface area contributed by atoms with E-state index in [1.165, 1.54) is 0 Å². The molecule has 1 N–H and O–H groups in total. The lowest BCUT2D eigenvalue weighted by Crippen LogP contribution is -2.25. The van der Waals surface area contributed by atoms with Crippen molar-refractivity contribution in [2.75, 3.05) is 6.61 Å². The van der Waals surface area contributed by atoms with Gasteiger partial charge in [0.1, 0.15) is 5.75 Å². The van der Waals surface area contributed by atoms with Gasteiger partial charge in [-0.1, -0.05) is 41.4 Å². The highest BCUT2D eigenvalue weighted by Crippen LogP contribution is 2.26. The van der Waals surface area contributed by atoms with Crippen LogP contribution in [0, 0.1) is 0 Å². The second-order valence-corrected chi connectivity index (χ2v) is 7.48. The average molecular weight is 374 g/mol. The first-order valence-electron chi connectivity index (χ1n) is 7.03. The highest BCUT2D eigenvalue weighted by molar-refractivity contribution is 7.88. The van der Waals surface area contributed by atoms with Gasteiger partial charge in [0, 0.05) is 22.2 Å². The van der Waals surface area contributed by atoms with E-state index in [0.29, 0.717) is 28.0 Å². The maximum Gasteiger partial charge on any atom is 0.216 e. The fourth-order valence-corrected chi connectivity index (χ4v) is 3.89. The number of ether oxygens (including phenoxy) is 1. The first kappa shape index (κ1) is 18.1. The molecule has 0 aliphatic rings. The third-order valence-electron chi connectivity index (χ3n) is 3.10. The fraction of sp³-hybridized carbons (Fsp3) is 0.250. The Morgan fingerprint density at radius 3 is 2.39 bits per heavy atom. The molecule has 0 aliphatic carbocycles. The van der Waals surface area contributed by atoms with Crippen molar-refractivity contribution in [3.8, 4) is 5.75 Å². The van der Waals surface area contributed by atoms with Crippen molar-refractivity contribution in [1.29, 1.82) is 0 Å². The van der Waals surface area contributed by atoms with E-state index in [-0.39, 0.29) is 12.3 Å². The van der Waals surface area contributed by atoms with Crippen LogP contribution in [0.5, 0.6) is 5.75 Å². The molecule has 0 amide bonds. The van der Waals surface area contributed by atoms with E-state index < -0.39 is 10.0 Å². The number of nitrogens with one attached hydrogen (secondary N) is 1. The Labute approximate surface area is 146 Å². The van der Waals surface area contributed by atoms with Gasteiger partial charge in [0.05, 0.1) is 12.4 Å². The molecule has 0 atom stereocenters. The first-order chi connectivity index (χ1) is 10.9. The maximum atomic E-state index is 12.2. The van der Waals surface area contributed by atoms with Crippen LogP contribution in [-0.4, -0.2) is 15.0 Å². The van der Waals surface area contributed by atoms with Crippen molar-refractivity contribution in [1.82, 2.24) is 4.72 Å². The SMILES string of the molecule is CCOc1cccc(CNS(=O)(=O)Cc2c(Cl)cccc2Cl)c1. The highest BCUT2D eigenvalue weighted by Gasteiger charge is 2.16. The second kappa shape index (κ2) is 8.02. The fourth-order valence-electron chi connectivity index (χ4n) is 2.02. The summed E-state index contributed by atoms with van der Waals surface area (Å²) in [7, 11) is -3.56. The van der Waals surface area contributed by atoms with Crippen LogP contribution in [0.15, 0.2) is 42.5 Å². The van der Waals surface area contributed by atoms with E-state index in [2.05, 4.69) is 4.72 Å². The molecule has 4 nitrogen and oxygen atoms in total. The Morgan fingerprint density at radius 1 is 1.09 bits per heavy atom. The Kier molecular flexibility index (Phi) is 6.30. The quantitative estimate of drug-likeness (QED) is 0.797. The summed E-state index contributed by atoms with van der Waals surface area (Å²) >= 11 is 12.0. The monoisotopic (exact) mass is 373 g/mol. The molecule has 0 saturated carbocycles. The van der Waals surface area contributed by atoms with Crippen LogP contribution in [-0.2, 0) is 22.3 Å². The maximum absolute atomic E-state index is 12.2. The Hall–Kier alpha value is -1.27. The first-order valence-corrected chi connectivity index (χ1v) is 9.44. The summed E-state index contributed by atoms with van der Waals surface area (Å²) in [6, 6.07) is 12.2. The van der Waals surface area contributed by atoms with Gasteiger partial charge in [0.25, 0.3) is 0 Å². The molecule has 7 heteroatoms. The molecular weight excluding hydrogens is 357 g/mol. The molecule has 124 valence electrons. The van der Waals surface area contributed by atoms with E-state index in [0.717, 1.165) is 5.56 Å². The van der Waals surface area contributed by atoms with Crippen LogP contribution in [0.2, 0.25) is 10.0 Å². The van der Waals surface area contributed by atoms with Gasteiger partial charge in [-0.15, -0.1) is 0 Å². The molecule has 0 radical (unpaired) electrons. The van der Waals surface area contributed by atoms with Crippen molar-refractivity contribution in [3.05, 3.63) is 63.6 Å². The third-order valence-corrected chi connectivity index (χ3v) is 5.06. The molecular formula is C16H17Cl2NO3S. The summed E-state index contributed by atoms with van der Waals surface area (Å²) in [5, 5.41) is 0.669. The molecule has 0 aliphatic heterocycles. The van der Waals surface area contributed by atoms with Crippen molar-refractivity contribution in [2.45, 2.75) is 19.2 Å². The largest absolute Gasteiger partial charge is 0.494 e. The van der Waals surface area contributed by atoms with Gasteiger partial charge in [-0.3, -0.25) is 0 Å². The standard InChI is InChI=1S/C16H17Cl2NO3S/c1-2-22-13-6-3-5-12(9-13)10-19-23(20,21)11-14-15(17)7-4-8-16(14)18/h3-9,19H,2,10-11H2,1H3. The Bertz CT molecular complexity index is 758. The lowest BCUT2D eigenvalue weighted by atomic mass is 10.2. The molecule has 0 saturated heterocycles. The third kappa shape index (κ3) is 5.39. The van der Waals surface area contributed by atoms with E-state index >= 15 is 0 Å². The minimum absolute atomic E-state index is 0.172. The molecule has 2 aromatic rings. The van der Waals surface area contributed by atoms with Gasteiger partial charge in [-0.05, 0) is 36.8 Å². The van der Waals surface area contributed by atoms with Gasteiger partial charge >= 0.3 is 0 Å². The molecule has 0 fully saturated rings. The molecule has 0 bridgehead atoms. The van der Waals surface area contributed by atoms with E-state index in [1.807, 2.05) is 25.1 Å². The van der Waals surface area contributed by atoms with Crippen LogP contribution in [0.4, 0.5) is 0 Å². The molecule has 0 aromatic heterocycles. The van der Waals surface area contributed by atoms with Crippen molar-refractivity contribution in [3.63, 3.8) is 0 Å². The van der Waals surface area contributed by atoms with Gasteiger partial charge in [0.15, 0.2) is 0 Å². The Morgan fingerprint density at radius 2 is 1.74 bits per heavy atom. The van der Waals surface area contributed by atoms with E-state index in [1.54, 1.807) is 24.3 Å². The average Bonchev–Trinajstić information content (AvgIpc) is 2.50. The zero-order chi connectivity index (χ0) is 16.9. The number of halogens is 2. The molecule has 2 rings (SSSR count).